The van der Waals surface area contributed by atoms with Gasteiger partial charge >= 0.3 is 5.97 Å². The summed E-state index contributed by atoms with van der Waals surface area (Å²) in [4.78, 5) is 9.96. The van der Waals surface area contributed by atoms with Gasteiger partial charge in [0, 0.05) is 6.04 Å². The highest BCUT2D eigenvalue weighted by Crippen LogP contribution is 2.05. The first kappa shape index (κ1) is 6.29. The van der Waals surface area contributed by atoms with Crippen molar-refractivity contribution in [3.05, 3.63) is 12.2 Å². The van der Waals surface area contributed by atoms with Gasteiger partial charge in [0.25, 0.3) is 0 Å². The van der Waals surface area contributed by atoms with E-state index in [1.807, 2.05) is 12.2 Å². The van der Waals surface area contributed by atoms with Gasteiger partial charge in [-0.1, -0.05) is 12.2 Å². The van der Waals surface area contributed by atoms with Gasteiger partial charge in [0.15, 0.2) is 0 Å². The molecule has 0 aliphatic heterocycles. The fourth-order valence-corrected chi connectivity index (χ4v) is 0.642. The molecule has 3 nitrogen and oxygen atoms in total. The van der Waals surface area contributed by atoms with E-state index in [9.17, 15) is 4.79 Å². The zero-order valence-electron chi connectivity index (χ0n) is 5.00. The first-order chi connectivity index (χ1) is 4.29. The number of carbonyl (C=O) groups is 1. The van der Waals surface area contributed by atoms with Crippen molar-refractivity contribution in [1.29, 1.82) is 0 Å². The Morgan fingerprint density at radius 1 is 1.89 bits per heavy atom. The molecule has 50 valence electrons. The van der Waals surface area contributed by atoms with Crippen LogP contribution in [0.2, 0.25) is 0 Å². The van der Waals surface area contributed by atoms with E-state index in [1.54, 1.807) is 0 Å². The van der Waals surface area contributed by atoms with Crippen molar-refractivity contribution < 1.29 is 9.90 Å². The summed E-state index contributed by atoms with van der Waals surface area (Å²) in [6, 6.07) is 0.307. The van der Waals surface area contributed by atoms with E-state index in [0.717, 1.165) is 6.42 Å². The molecule has 1 aliphatic rings. The molecular formula is C6H9NO2. The number of hydrogen-bond acceptors (Lipinski definition) is 2. The molecule has 9 heavy (non-hydrogen) atoms. The molecule has 0 aromatic carbocycles. The predicted octanol–water partition coefficient (Wildman–Crippen LogP) is -0.0109. The predicted molar refractivity (Wildman–Crippen MR) is 33.2 cm³/mol. The fraction of sp³-hybridized carbons (Fsp3) is 0.500. The van der Waals surface area contributed by atoms with Crippen molar-refractivity contribution in [1.82, 2.24) is 5.32 Å². The Morgan fingerprint density at radius 3 is 2.89 bits per heavy atom. The largest absolute Gasteiger partial charge is 0.480 e. The topological polar surface area (TPSA) is 49.3 Å². The quantitative estimate of drug-likeness (QED) is 0.524. The third-order valence-corrected chi connectivity index (χ3v) is 1.27. The van der Waals surface area contributed by atoms with Crippen LogP contribution >= 0.6 is 0 Å². The molecule has 0 saturated heterocycles. The molecule has 1 rings (SSSR count). The summed E-state index contributed by atoms with van der Waals surface area (Å²) in [5.41, 5.74) is 0. The maximum atomic E-state index is 9.96. The second kappa shape index (κ2) is 2.64. The molecular weight excluding hydrogens is 118 g/mol. The molecule has 0 bridgehead atoms. The lowest BCUT2D eigenvalue weighted by Crippen LogP contribution is -2.34. The summed E-state index contributed by atoms with van der Waals surface area (Å²) in [6.07, 6.45) is 4.94. The second-order valence-corrected chi connectivity index (χ2v) is 2.04. The minimum absolute atomic E-state index is 0.0645. The van der Waals surface area contributed by atoms with Gasteiger partial charge in [0.2, 0.25) is 0 Å². The van der Waals surface area contributed by atoms with Crippen LogP contribution in [-0.4, -0.2) is 23.7 Å². The average molecular weight is 127 g/mol. The molecule has 1 unspecified atom stereocenters. The lowest BCUT2D eigenvalue weighted by atomic mass is 10.1. The van der Waals surface area contributed by atoms with E-state index in [2.05, 4.69) is 5.32 Å². The number of hydrogen-bond donors (Lipinski definition) is 2. The van der Waals surface area contributed by atoms with Gasteiger partial charge in [0.05, 0.1) is 6.54 Å². The molecule has 0 radical (unpaired) electrons. The van der Waals surface area contributed by atoms with Crippen LogP contribution in [0.4, 0.5) is 0 Å². The van der Waals surface area contributed by atoms with E-state index in [-0.39, 0.29) is 6.54 Å². The minimum atomic E-state index is -0.796. The lowest BCUT2D eigenvalue weighted by Gasteiger charge is -2.17. The van der Waals surface area contributed by atoms with Crippen LogP contribution in [0.25, 0.3) is 0 Å². The Labute approximate surface area is 53.4 Å². The van der Waals surface area contributed by atoms with Gasteiger partial charge < -0.3 is 10.4 Å². The molecule has 0 aromatic heterocycles. The van der Waals surface area contributed by atoms with E-state index >= 15 is 0 Å². The van der Waals surface area contributed by atoms with E-state index < -0.39 is 5.97 Å². The SMILES string of the molecule is O=C(O)CNC1C=CC1. The molecule has 0 aromatic rings. The van der Waals surface area contributed by atoms with Crippen molar-refractivity contribution in [2.24, 2.45) is 0 Å². The van der Waals surface area contributed by atoms with Crippen molar-refractivity contribution in [3.63, 3.8) is 0 Å². The third kappa shape index (κ3) is 1.85. The zero-order valence-corrected chi connectivity index (χ0v) is 5.00. The highest BCUT2D eigenvalue weighted by atomic mass is 16.4. The Morgan fingerprint density at radius 2 is 2.56 bits per heavy atom. The molecule has 2 N–H and O–H groups in total. The number of carboxylic acid groups (broad SMARTS) is 1. The van der Waals surface area contributed by atoms with Gasteiger partial charge in [-0.15, -0.1) is 0 Å². The molecule has 0 heterocycles. The van der Waals surface area contributed by atoms with Gasteiger partial charge in [-0.3, -0.25) is 4.79 Å². The summed E-state index contributed by atoms with van der Waals surface area (Å²) in [7, 11) is 0. The van der Waals surface area contributed by atoms with E-state index in [1.165, 1.54) is 0 Å². The molecule has 0 saturated carbocycles. The van der Waals surface area contributed by atoms with E-state index in [4.69, 9.17) is 5.11 Å². The number of rotatable bonds is 3. The van der Waals surface area contributed by atoms with Crippen LogP contribution < -0.4 is 5.32 Å². The second-order valence-electron chi connectivity index (χ2n) is 2.04. The van der Waals surface area contributed by atoms with Gasteiger partial charge in [-0.25, -0.2) is 0 Å². The highest BCUT2D eigenvalue weighted by molar-refractivity contribution is 5.69. The van der Waals surface area contributed by atoms with Crippen molar-refractivity contribution in [2.45, 2.75) is 12.5 Å². The van der Waals surface area contributed by atoms with Crippen LogP contribution in [0.3, 0.4) is 0 Å². The highest BCUT2D eigenvalue weighted by Gasteiger charge is 2.09. The van der Waals surface area contributed by atoms with Crippen molar-refractivity contribution in [2.75, 3.05) is 6.54 Å². The van der Waals surface area contributed by atoms with Gasteiger partial charge in [-0.05, 0) is 6.42 Å². The lowest BCUT2D eigenvalue weighted by molar-refractivity contribution is -0.136. The summed E-state index contributed by atoms with van der Waals surface area (Å²) >= 11 is 0. The maximum absolute atomic E-state index is 9.96. The smallest absolute Gasteiger partial charge is 0.317 e. The minimum Gasteiger partial charge on any atom is -0.480 e. The number of aliphatic carboxylic acids is 1. The van der Waals surface area contributed by atoms with Gasteiger partial charge in [-0.2, -0.15) is 0 Å². The number of nitrogens with one attached hydrogen (secondary N) is 1. The molecule has 0 spiro atoms. The third-order valence-electron chi connectivity index (χ3n) is 1.27. The summed E-state index contributed by atoms with van der Waals surface area (Å²) in [6.45, 7) is 0.0645. The monoisotopic (exact) mass is 127 g/mol. The molecule has 1 aliphatic carbocycles. The molecule has 3 heteroatoms. The van der Waals surface area contributed by atoms with Crippen molar-refractivity contribution >= 4 is 5.97 Å². The standard InChI is InChI=1S/C6H9NO2/c8-6(9)4-7-5-2-1-3-5/h1-2,5,7H,3-4H2,(H,8,9). The van der Waals surface area contributed by atoms with Crippen molar-refractivity contribution in [3.8, 4) is 0 Å². The summed E-state index contributed by atoms with van der Waals surface area (Å²) in [5, 5.41) is 11.0. The summed E-state index contributed by atoms with van der Waals surface area (Å²) < 4.78 is 0. The summed E-state index contributed by atoms with van der Waals surface area (Å²) in [5.74, 6) is -0.796. The van der Waals surface area contributed by atoms with Crippen LogP contribution in [-0.2, 0) is 4.79 Å². The maximum Gasteiger partial charge on any atom is 0.317 e. The van der Waals surface area contributed by atoms with E-state index in [0.29, 0.717) is 6.04 Å². The van der Waals surface area contributed by atoms with Crippen LogP contribution in [0, 0.1) is 0 Å². The average Bonchev–Trinajstić information content (AvgIpc) is 1.60. The molecule has 0 fully saturated rings. The number of carboxylic acids is 1. The molecule has 0 amide bonds. The Balaban J connectivity index is 2.05. The molecule has 1 atom stereocenters. The van der Waals surface area contributed by atoms with Gasteiger partial charge in [0.1, 0.15) is 0 Å². The first-order valence-electron chi connectivity index (χ1n) is 2.91. The normalized spacial score (nSPS) is 23.3. The Hall–Kier alpha value is -0.830. The van der Waals surface area contributed by atoms with Crippen LogP contribution in [0.5, 0.6) is 0 Å². The van der Waals surface area contributed by atoms with Crippen LogP contribution in [0.1, 0.15) is 6.42 Å². The Kier molecular flexibility index (Phi) is 1.85. The first-order valence-corrected chi connectivity index (χ1v) is 2.91. The fourth-order valence-electron chi connectivity index (χ4n) is 0.642. The van der Waals surface area contributed by atoms with Crippen LogP contribution in [0.15, 0.2) is 12.2 Å². The zero-order chi connectivity index (χ0) is 6.69. The Bertz CT molecular complexity index is 142.